The predicted molar refractivity (Wildman–Crippen MR) is 127 cm³/mol. The van der Waals surface area contributed by atoms with Crippen LogP contribution in [-0.4, -0.2) is 22.4 Å². The van der Waals surface area contributed by atoms with Crippen LogP contribution in [0.3, 0.4) is 0 Å². The lowest BCUT2D eigenvalue weighted by Crippen LogP contribution is -2.60. The Bertz CT molecular complexity index is 834. The van der Waals surface area contributed by atoms with Gasteiger partial charge in [-0.2, -0.15) is 0 Å². The minimum atomic E-state index is -0.417. The normalized spacial score (nSPS) is 52.6. The lowest BCUT2D eigenvalue weighted by atomic mass is 9.38. The molecule has 0 aromatic rings. The van der Waals surface area contributed by atoms with E-state index in [0.29, 0.717) is 29.1 Å². The van der Waals surface area contributed by atoms with Gasteiger partial charge >= 0.3 is 0 Å². The fraction of sp³-hybridized carbons (Fsp3) is 0.862. The van der Waals surface area contributed by atoms with Gasteiger partial charge in [0, 0.05) is 12.3 Å². The van der Waals surface area contributed by atoms with E-state index in [1.165, 1.54) is 44.1 Å². The van der Waals surface area contributed by atoms with E-state index in [0.717, 1.165) is 6.42 Å². The molecule has 2 nitrogen and oxygen atoms in total. The quantitative estimate of drug-likeness (QED) is 0.454. The third-order valence-electron chi connectivity index (χ3n) is 11.9. The molecule has 174 valence electrons. The van der Waals surface area contributed by atoms with Gasteiger partial charge in [-0.15, -0.1) is 0 Å². The number of rotatable bonds is 0. The largest absolute Gasteiger partial charge is 0.392 e. The van der Waals surface area contributed by atoms with Crippen LogP contribution in [-0.2, 0) is 0 Å². The Hall–Kier alpha value is -0.600. The molecule has 0 spiro atoms. The lowest BCUT2D eigenvalue weighted by molar-refractivity contribution is -0.135. The van der Waals surface area contributed by atoms with Crippen LogP contribution in [0.2, 0.25) is 0 Å². The summed E-state index contributed by atoms with van der Waals surface area (Å²) >= 11 is 0. The maximum atomic E-state index is 11.2. The van der Waals surface area contributed by atoms with Crippen molar-refractivity contribution >= 4 is 0 Å². The van der Waals surface area contributed by atoms with Crippen LogP contribution in [0.15, 0.2) is 23.3 Å². The van der Waals surface area contributed by atoms with E-state index in [2.05, 4.69) is 60.6 Å². The highest BCUT2D eigenvalue weighted by Gasteiger charge is 2.64. The molecule has 8 atom stereocenters. The molecule has 2 heteroatoms. The van der Waals surface area contributed by atoms with Gasteiger partial charge < -0.3 is 10.2 Å². The Morgan fingerprint density at radius 1 is 0.774 bits per heavy atom. The maximum absolute atomic E-state index is 11.2. The standard InChI is InChI=1S/C29H46O2/c1-25(2)12-13-27(5)14-15-29(7)18(21(27)17-25)8-9-20-24-19(10-11-28(20,29)6)26(3,4)23(31)16-22(24)30/h8-9,19,21-24,30-31H,10-17H2,1-7H3/t19-,21-,22+,23+,24?,27-,28-,29-/m1/s1. The summed E-state index contributed by atoms with van der Waals surface area (Å²) in [7, 11) is 0. The monoisotopic (exact) mass is 426 g/mol. The highest BCUT2D eigenvalue weighted by molar-refractivity contribution is 5.44. The third kappa shape index (κ3) is 2.82. The highest BCUT2D eigenvalue weighted by Crippen LogP contribution is 2.72. The van der Waals surface area contributed by atoms with Gasteiger partial charge in [-0.1, -0.05) is 71.8 Å². The fourth-order valence-electron chi connectivity index (χ4n) is 9.10. The number of hydrogen-bond acceptors (Lipinski definition) is 2. The van der Waals surface area contributed by atoms with E-state index < -0.39 is 12.2 Å². The lowest BCUT2D eigenvalue weighted by Gasteiger charge is -2.66. The molecule has 31 heavy (non-hydrogen) atoms. The molecule has 0 heterocycles. The highest BCUT2D eigenvalue weighted by atomic mass is 16.3. The summed E-state index contributed by atoms with van der Waals surface area (Å²) in [5.74, 6) is 1.26. The van der Waals surface area contributed by atoms with Crippen LogP contribution in [0.25, 0.3) is 0 Å². The van der Waals surface area contributed by atoms with Gasteiger partial charge in [0.25, 0.3) is 0 Å². The first-order chi connectivity index (χ1) is 14.3. The van der Waals surface area contributed by atoms with Crippen molar-refractivity contribution in [1.29, 1.82) is 0 Å². The summed E-state index contributed by atoms with van der Waals surface area (Å²) in [5, 5.41) is 22.0. The predicted octanol–water partition coefficient (Wildman–Crippen LogP) is 6.67. The van der Waals surface area contributed by atoms with Crippen LogP contribution < -0.4 is 0 Å². The van der Waals surface area contributed by atoms with Gasteiger partial charge in [0.05, 0.1) is 12.2 Å². The molecule has 0 aromatic heterocycles. The molecule has 2 N–H and O–H groups in total. The Kier molecular flexibility index (Phi) is 4.66. The van der Waals surface area contributed by atoms with Crippen molar-refractivity contribution in [3.63, 3.8) is 0 Å². The van der Waals surface area contributed by atoms with Crippen molar-refractivity contribution in [2.24, 2.45) is 44.8 Å². The molecule has 5 aliphatic carbocycles. The Morgan fingerprint density at radius 2 is 1.39 bits per heavy atom. The number of allylic oxidation sites excluding steroid dienone is 3. The maximum Gasteiger partial charge on any atom is 0.0633 e. The Balaban J connectivity index is 1.61. The van der Waals surface area contributed by atoms with E-state index in [4.69, 9.17) is 0 Å². The first kappa shape index (κ1) is 22.2. The zero-order valence-corrected chi connectivity index (χ0v) is 21.1. The molecule has 4 saturated carbocycles. The van der Waals surface area contributed by atoms with Gasteiger partial charge in [-0.25, -0.2) is 0 Å². The number of aliphatic hydroxyl groups excluding tert-OH is 2. The summed E-state index contributed by atoms with van der Waals surface area (Å²) in [6, 6.07) is 0. The minimum Gasteiger partial charge on any atom is -0.392 e. The number of aliphatic hydroxyl groups is 2. The van der Waals surface area contributed by atoms with Crippen LogP contribution in [0.5, 0.6) is 0 Å². The molecule has 0 aliphatic heterocycles. The second kappa shape index (κ2) is 6.50. The summed E-state index contributed by atoms with van der Waals surface area (Å²) in [6.45, 7) is 17.1. The molecule has 4 fully saturated rings. The summed E-state index contributed by atoms with van der Waals surface area (Å²) < 4.78 is 0. The van der Waals surface area contributed by atoms with Crippen molar-refractivity contribution in [1.82, 2.24) is 0 Å². The van der Waals surface area contributed by atoms with E-state index in [1.54, 1.807) is 5.57 Å². The molecular weight excluding hydrogens is 380 g/mol. The molecular formula is C29H46O2. The van der Waals surface area contributed by atoms with Crippen LogP contribution in [0, 0.1) is 44.8 Å². The molecule has 1 unspecified atom stereocenters. The molecule has 0 amide bonds. The molecule has 0 saturated heterocycles. The summed E-state index contributed by atoms with van der Waals surface area (Å²) in [6.07, 6.45) is 13.6. The molecule has 0 bridgehead atoms. The number of hydrogen-bond donors (Lipinski definition) is 2. The minimum absolute atomic E-state index is 0.126. The second-order valence-corrected chi connectivity index (χ2v) is 14.3. The first-order valence-corrected chi connectivity index (χ1v) is 13.0. The van der Waals surface area contributed by atoms with Gasteiger partial charge in [0.15, 0.2) is 0 Å². The van der Waals surface area contributed by atoms with Crippen LogP contribution >= 0.6 is 0 Å². The summed E-state index contributed by atoms with van der Waals surface area (Å²) in [5.41, 5.74) is 4.31. The average molecular weight is 427 g/mol. The summed E-state index contributed by atoms with van der Waals surface area (Å²) in [4.78, 5) is 0. The average Bonchev–Trinajstić information content (AvgIpc) is 2.67. The Labute approximate surface area is 190 Å². The van der Waals surface area contributed by atoms with Gasteiger partial charge in [0.1, 0.15) is 0 Å². The third-order valence-corrected chi connectivity index (χ3v) is 11.9. The number of fused-ring (bicyclic) bond motifs is 7. The van der Waals surface area contributed by atoms with E-state index >= 15 is 0 Å². The van der Waals surface area contributed by atoms with Gasteiger partial charge in [0.2, 0.25) is 0 Å². The van der Waals surface area contributed by atoms with Crippen molar-refractivity contribution in [3.05, 3.63) is 23.3 Å². The molecule has 5 aliphatic rings. The Morgan fingerprint density at radius 3 is 2.10 bits per heavy atom. The van der Waals surface area contributed by atoms with Crippen molar-refractivity contribution in [2.45, 2.75) is 112 Å². The van der Waals surface area contributed by atoms with Gasteiger partial charge in [-0.05, 0) is 83.9 Å². The topological polar surface area (TPSA) is 40.5 Å². The van der Waals surface area contributed by atoms with Crippen LogP contribution in [0.1, 0.15) is 99.8 Å². The fourth-order valence-corrected chi connectivity index (χ4v) is 9.10. The van der Waals surface area contributed by atoms with E-state index in [9.17, 15) is 10.2 Å². The van der Waals surface area contributed by atoms with Crippen LogP contribution in [0.4, 0.5) is 0 Å². The molecule has 0 radical (unpaired) electrons. The van der Waals surface area contributed by atoms with Gasteiger partial charge in [-0.3, -0.25) is 0 Å². The second-order valence-electron chi connectivity index (χ2n) is 14.3. The zero-order valence-electron chi connectivity index (χ0n) is 21.1. The van der Waals surface area contributed by atoms with E-state index in [-0.39, 0.29) is 22.2 Å². The first-order valence-electron chi connectivity index (χ1n) is 13.0. The molecule has 0 aromatic carbocycles. The van der Waals surface area contributed by atoms with Crippen molar-refractivity contribution in [2.75, 3.05) is 0 Å². The van der Waals surface area contributed by atoms with Crippen molar-refractivity contribution < 1.29 is 10.2 Å². The van der Waals surface area contributed by atoms with E-state index in [1.807, 2.05) is 0 Å². The SMILES string of the molecule is CC1(C)CC[C@]2(C)CC[C@]3(C)C(=CC=C4C5[C@@H](CC[C@]43C)C(C)(C)[C@@H](O)C[C@@H]5O)[C@H]2C1. The van der Waals surface area contributed by atoms with Crippen molar-refractivity contribution in [3.8, 4) is 0 Å². The zero-order chi connectivity index (χ0) is 22.6. The molecule has 5 rings (SSSR count). The smallest absolute Gasteiger partial charge is 0.0633 e.